The van der Waals surface area contributed by atoms with Crippen molar-refractivity contribution in [2.75, 3.05) is 12.9 Å². The molecule has 0 N–H and O–H groups in total. The summed E-state index contributed by atoms with van der Waals surface area (Å²) in [4.78, 5) is 8.85. The number of sulfone groups is 1. The van der Waals surface area contributed by atoms with Gasteiger partial charge in [0, 0.05) is 6.26 Å². The molecule has 0 spiro atoms. The molecule has 0 fully saturated rings. The smallest absolute Gasteiger partial charge is 0.178 e. The molecule has 0 bridgehead atoms. The number of hydrogen-bond donors (Lipinski definition) is 0. The van der Waals surface area contributed by atoms with Crippen molar-refractivity contribution in [1.29, 1.82) is 0 Å². The fourth-order valence-corrected chi connectivity index (χ4v) is 2.35. The highest BCUT2D eigenvalue weighted by Crippen LogP contribution is 2.19. The molecule has 0 aromatic carbocycles. The van der Waals surface area contributed by atoms with Gasteiger partial charge in [0.25, 0.3) is 0 Å². The summed E-state index contributed by atoms with van der Waals surface area (Å²) < 4.78 is 22.7. The number of nitrogens with zero attached hydrogens (tertiary/aromatic N) is 2. The van der Waals surface area contributed by atoms with Crippen molar-refractivity contribution in [3.05, 3.63) is 23.0 Å². The molecule has 0 amide bonds. The van der Waals surface area contributed by atoms with E-state index in [1.807, 2.05) is 6.92 Å². The summed E-state index contributed by atoms with van der Waals surface area (Å²) in [5.74, 6) is 0. The van der Waals surface area contributed by atoms with E-state index < -0.39 is 9.84 Å². The first kappa shape index (κ1) is 13.9. The van der Waals surface area contributed by atoms with E-state index in [1.165, 1.54) is 6.07 Å². The molecule has 0 saturated carbocycles. The van der Waals surface area contributed by atoms with Crippen molar-refractivity contribution < 1.29 is 13.3 Å². The minimum atomic E-state index is -3.36. The lowest BCUT2D eigenvalue weighted by molar-refractivity contribution is 0.159. The van der Waals surface area contributed by atoms with Gasteiger partial charge in [0.15, 0.2) is 9.84 Å². The van der Waals surface area contributed by atoms with E-state index in [0.717, 1.165) is 6.26 Å². The SMILES string of the molecule is CCON=C(C)c1ccc(S(C)(=O)=O)c(Cl)n1. The molecular formula is C10H13ClN2O3S. The lowest BCUT2D eigenvalue weighted by Crippen LogP contribution is -2.05. The van der Waals surface area contributed by atoms with Gasteiger partial charge in [-0.05, 0) is 26.0 Å². The minimum Gasteiger partial charge on any atom is -0.396 e. The van der Waals surface area contributed by atoms with Crippen LogP contribution in [0.25, 0.3) is 0 Å². The first-order valence-corrected chi connectivity index (χ1v) is 7.16. The van der Waals surface area contributed by atoms with Gasteiger partial charge in [-0.25, -0.2) is 13.4 Å². The van der Waals surface area contributed by atoms with Crippen LogP contribution in [0.1, 0.15) is 19.5 Å². The third-order valence-corrected chi connectivity index (χ3v) is 3.44. The predicted octanol–water partition coefficient (Wildman–Crippen LogP) is 1.90. The Morgan fingerprint density at radius 2 is 2.18 bits per heavy atom. The fourth-order valence-electron chi connectivity index (χ4n) is 1.11. The van der Waals surface area contributed by atoms with E-state index in [9.17, 15) is 8.42 Å². The fraction of sp³-hybridized carbons (Fsp3) is 0.400. The monoisotopic (exact) mass is 276 g/mol. The number of hydrogen-bond acceptors (Lipinski definition) is 5. The van der Waals surface area contributed by atoms with Crippen molar-refractivity contribution in [2.24, 2.45) is 5.16 Å². The molecule has 0 aliphatic rings. The van der Waals surface area contributed by atoms with Crippen LogP contribution in [-0.2, 0) is 14.7 Å². The van der Waals surface area contributed by atoms with E-state index >= 15 is 0 Å². The summed E-state index contributed by atoms with van der Waals surface area (Å²) in [6.07, 6.45) is 1.08. The summed E-state index contributed by atoms with van der Waals surface area (Å²) >= 11 is 5.81. The number of pyridine rings is 1. The second-order valence-corrected chi connectivity index (χ2v) is 5.69. The second kappa shape index (κ2) is 5.46. The Morgan fingerprint density at radius 1 is 1.53 bits per heavy atom. The normalized spacial score (nSPS) is 12.6. The Bertz CT molecular complexity index is 540. The zero-order chi connectivity index (χ0) is 13.1. The quantitative estimate of drug-likeness (QED) is 0.478. The molecule has 94 valence electrons. The lowest BCUT2D eigenvalue weighted by Gasteiger charge is -2.04. The summed E-state index contributed by atoms with van der Waals surface area (Å²) in [5.41, 5.74) is 1.02. The first-order valence-electron chi connectivity index (χ1n) is 4.89. The van der Waals surface area contributed by atoms with E-state index in [2.05, 4.69) is 10.1 Å². The standard InChI is InChI=1S/C10H13ClN2O3S/c1-4-16-13-7(2)8-5-6-9(10(11)12-8)17(3,14)15/h5-6H,4H2,1-3H3. The van der Waals surface area contributed by atoms with Gasteiger partial charge < -0.3 is 4.84 Å². The average molecular weight is 277 g/mol. The average Bonchev–Trinajstić information content (AvgIpc) is 2.23. The number of rotatable bonds is 4. The van der Waals surface area contributed by atoms with Crippen LogP contribution < -0.4 is 0 Å². The highest BCUT2D eigenvalue weighted by molar-refractivity contribution is 7.90. The molecule has 5 nitrogen and oxygen atoms in total. The van der Waals surface area contributed by atoms with Crippen LogP contribution in [0.4, 0.5) is 0 Å². The molecule has 0 aliphatic heterocycles. The maximum absolute atomic E-state index is 11.3. The molecule has 0 saturated heterocycles. The molecule has 0 unspecified atom stereocenters. The number of halogens is 1. The summed E-state index contributed by atoms with van der Waals surface area (Å²) in [6, 6.07) is 2.95. The Balaban J connectivity index is 3.14. The van der Waals surface area contributed by atoms with Crippen molar-refractivity contribution in [2.45, 2.75) is 18.7 Å². The van der Waals surface area contributed by atoms with Crippen LogP contribution in [0.5, 0.6) is 0 Å². The van der Waals surface area contributed by atoms with Gasteiger partial charge in [-0.2, -0.15) is 0 Å². The third kappa shape index (κ3) is 3.67. The summed E-state index contributed by atoms with van der Waals surface area (Å²) in [5, 5.41) is 3.73. The van der Waals surface area contributed by atoms with Crippen LogP contribution in [0, 0.1) is 0 Å². The Labute approximate surface area is 105 Å². The van der Waals surface area contributed by atoms with Gasteiger partial charge in [0.2, 0.25) is 0 Å². The zero-order valence-corrected chi connectivity index (χ0v) is 11.3. The van der Waals surface area contributed by atoms with Gasteiger partial charge in [0.1, 0.15) is 22.4 Å². The summed E-state index contributed by atoms with van der Waals surface area (Å²) in [7, 11) is -3.36. The molecule has 1 rings (SSSR count). The molecule has 0 aliphatic carbocycles. The molecule has 1 aromatic heterocycles. The summed E-state index contributed by atoms with van der Waals surface area (Å²) in [6.45, 7) is 3.96. The number of aromatic nitrogens is 1. The predicted molar refractivity (Wildman–Crippen MR) is 66.2 cm³/mol. The Kier molecular flexibility index (Phi) is 4.47. The van der Waals surface area contributed by atoms with Crippen LogP contribution in [0.2, 0.25) is 5.15 Å². The topological polar surface area (TPSA) is 68.6 Å². The molecule has 7 heteroatoms. The van der Waals surface area contributed by atoms with Gasteiger partial charge in [-0.1, -0.05) is 16.8 Å². The molecular weight excluding hydrogens is 264 g/mol. The van der Waals surface area contributed by atoms with Crippen LogP contribution in [-0.4, -0.2) is 32.0 Å². The molecule has 1 heterocycles. The highest BCUT2D eigenvalue weighted by atomic mass is 35.5. The minimum absolute atomic E-state index is 0.00660. The van der Waals surface area contributed by atoms with E-state index in [0.29, 0.717) is 18.0 Å². The van der Waals surface area contributed by atoms with E-state index in [1.54, 1.807) is 13.0 Å². The lowest BCUT2D eigenvalue weighted by atomic mass is 10.3. The van der Waals surface area contributed by atoms with E-state index in [4.69, 9.17) is 16.4 Å². The molecule has 0 atom stereocenters. The Hall–Kier alpha value is -1.14. The second-order valence-electron chi connectivity index (χ2n) is 3.35. The Morgan fingerprint density at radius 3 is 2.65 bits per heavy atom. The van der Waals surface area contributed by atoms with Crippen molar-refractivity contribution >= 4 is 27.1 Å². The molecule has 1 aromatic rings. The van der Waals surface area contributed by atoms with Crippen LogP contribution in [0.15, 0.2) is 22.2 Å². The zero-order valence-electron chi connectivity index (χ0n) is 9.77. The van der Waals surface area contributed by atoms with Crippen LogP contribution >= 0.6 is 11.6 Å². The third-order valence-electron chi connectivity index (χ3n) is 1.92. The molecule has 17 heavy (non-hydrogen) atoms. The highest BCUT2D eigenvalue weighted by Gasteiger charge is 2.14. The molecule has 0 radical (unpaired) electrons. The van der Waals surface area contributed by atoms with Crippen molar-refractivity contribution in [3.63, 3.8) is 0 Å². The van der Waals surface area contributed by atoms with Gasteiger partial charge in [-0.15, -0.1) is 0 Å². The van der Waals surface area contributed by atoms with Crippen molar-refractivity contribution in [3.8, 4) is 0 Å². The van der Waals surface area contributed by atoms with Gasteiger partial charge in [-0.3, -0.25) is 0 Å². The first-order chi connectivity index (χ1) is 7.86. The van der Waals surface area contributed by atoms with E-state index in [-0.39, 0.29) is 10.0 Å². The maximum Gasteiger partial charge on any atom is 0.178 e. The van der Waals surface area contributed by atoms with Crippen LogP contribution in [0.3, 0.4) is 0 Å². The van der Waals surface area contributed by atoms with Crippen molar-refractivity contribution in [1.82, 2.24) is 4.98 Å². The number of oxime groups is 1. The maximum atomic E-state index is 11.3. The largest absolute Gasteiger partial charge is 0.396 e. The van der Waals surface area contributed by atoms with Gasteiger partial charge >= 0.3 is 0 Å². The van der Waals surface area contributed by atoms with Gasteiger partial charge in [0.05, 0.1) is 5.69 Å².